The van der Waals surface area contributed by atoms with E-state index in [4.69, 9.17) is 9.47 Å². The SMILES string of the molecule is C=CCOc1ccc(C2CO2)cc1Br. The lowest BCUT2D eigenvalue weighted by atomic mass is 10.1. The van der Waals surface area contributed by atoms with Gasteiger partial charge in [-0.25, -0.2) is 0 Å². The predicted molar refractivity (Wildman–Crippen MR) is 58.5 cm³/mol. The Bertz CT molecular complexity index is 345. The topological polar surface area (TPSA) is 21.8 Å². The van der Waals surface area contributed by atoms with Gasteiger partial charge >= 0.3 is 0 Å². The third-order valence-corrected chi connectivity index (χ3v) is 2.64. The first-order valence-electron chi connectivity index (χ1n) is 4.46. The number of epoxide rings is 1. The molecule has 1 unspecified atom stereocenters. The molecule has 1 aliphatic heterocycles. The molecule has 0 radical (unpaired) electrons. The van der Waals surface area contributed by atoms with Crippen molar-refractivity contribution in [2.75, 3.05) is 13.2 Å². The second-order valence-electron chi connectivity index (χ2n) is 3.11. The number of hydrogen-bond acceptors (Lipinski definition) is 2. The standard InChI is InChI=1S/C11H11BrO2/c1-2-5-13-10-4-3-8(6-9(10)12)11-7-14-11/h2-4,6,11H,1,5,7H2. The smallest absolute Gasteiger partial charge is 0.133 e. The average Bonchev–Trinajstić information content (AvgIpc) is 2.99. The van der Waals surface area contributed by atoms with E-state index in [0.717, 1.165) is 16.8 Å². The Morgan fingerprint density at radius 3 is 3.00 bits per heavy atom. The summed E-state index contributed by atoms with van der Waals surface area (Å²) in [5.74, 6) is 0.842. The Morgan fingerprint density at radius 2 is 2.43 bits per heavy atom. The second-order valence-corrected chi connectivity index (χ2v) is 3.97. The Hall–Kier alpha value is -0.800. The van der Waals surface area contributed by atoms with Gasteiger partial charge in [-0.05, 0) is 33.6 Å². The van der Waals surface area contributed by atoms with Gasteiger partial charge in [0.15, 0.2) is 0 Å². The summed E-state index contributed by atoms with van der Waals surface area (Å²) in [4.78, 5) is 0. The summed E-state index contributed by atoms with van der Waals surface area (Å²) in [6, 6.07) is 6.02. The molecule has 1 heterocycles. The maximum Gasteiger partial charge on any atom is 0.133 e. The van der Waals surface area contributed by atoms with Gasteiger partial charge in [0.05, 0.1) is 11.1 Å². The van der Waals surface area contributed by atoms with Gasteiger partial charge in [0.2, 0.25) is 0 Å². The van der Waals surface area contributed by atoms with Crippen LogP contribution < -0.4 is 4.74 Å². The Kier molecular flexibility index (Phi) is 2.89. The van der Waals surface area contributed by atoms with Crippen molar-refractivity contribution < 1.29 is 9.47 Å². The van der Waals surface area contributed by atoms with E-state index in [1.165, 1.54) is 5.56 Å². The van der Waals surface area contributed by atoms with Crippen LogP contribution in [-0.2, 0) is 4.74 Å². The van der Waals surface area contributed by atoms with Crippen molar-refractivity contribution in [3.05, 3.63) is 40.9 Å². The van der Waals surface area contributed by atoms with E-state index in [1.54, 1.807) is 6.08 Å². The molecule has 0 aliphatic carbocycles. The van der Waals surface area contributed by atoms with Crippen LogP contribution in [0.5, 0.6) is 5.75 Å². The third-order valence-electron chi connectivity index (χ3n) is 2.02. The van der Waals surface area contributed by atoms with Crippen LogP contribution in [0.15, 0.2) is 35.3 Å². The highest BCUT2D eigenvalue weighted by atomic mass is 79.9. The van der Waals surface area contributed by atoms with Gasteiger partial charge in [-0.3, -0.25) is 0 Å². The lowest BCUT2D eigenvalue weighted by molar-refractivity contribution is 0.360. The van der Waals surface area contributed by atoms with E-state index in [-0.39, 0.29) is 0 Å². The van der Waals surface area contributed by atoms with Gasteiger partial charge < -0.3 is 9.47 Å². The van der Waals surface area contributed by atoms with Crippen LogP contribution in [0.25, 0.3) is 0 Å². The summed E-state index contributed by atoms with van der Waals surface area (Å²) in [7, 11) is 0. The van der Waals surface area contributed by atoms with Gasteiger partial charge in [-0.15, -0.1) is 0 Å². The van der Waals surface area contributed by atoms with Crippen molar-refractivity contribution in [3.63, 3.8) is 0 Å². The monoisotopic (exact) mass is 254 g/mol. The van der Waals surface area contributed by atoms with Gasteiger partial charge in [0.25, 0.3) is 0 Å². The molecule has 1 aromatic carbocycles. The maximum absolute atomic E-state index is 5.44. The zero-order valence-electron chi connectivity index (χ0n) is 7.70. The molecule has 0 saturated carbocycles. The molecule has 2 nitrogen and oxygen atoms in total. The summed E-state index contributed by atoms with van der Waals surface area (Å²) >= 11 is 3.46. The van der Waals surface area contributed by atoms with Crippen molar-refractivity contribution in [3.8, 4) is 5.75 Å². The Morgan fingerprint density at radius 1 is 1.64 bits per heavy atom. The van der Waals surface area contributed by atoms with E-state index in [9.17, 15) is 0 Å². The molecule has 1 aromatic rings. The molecule has 0 bridgehead atoms. The molecular weight excluding hydrogens is 244 g/mol. The van der Waals surface area contributed by atoms with Gasteiger partial charge in [-0.1, -0.05) is 18.7 Å². The minimum Gasteiger partial charge on any atom is -0.488 e. The molecule has 0 aromatic heterocycles. The number of hydrogen-bond donors (Lipinski definition) is 0. The van der Waals surface area contributed by atoms with Crippen LogP contribution in [0.1, 0.15) is 11.7 Å². The number of benzene rings is 1. The van der Waals surface area contributed by atoms with E-state index in [1.807, 2.05) is 18.2 Å². The van der Waals surface area contributed by atoms with E-state index in [0.29, 0.717) is 12.7 Å². The summed E-state index contributed by atoms with van der Waals surface area (Å²) in [6.07, 6.45) is 2.02. The fraction of sp³-hybridized carbons (Fsp3) is 0.273. The van der Waals surface area contributed by atoms with Crippen molar-refractivity contribution in [2.24, 2.45) is 0 Å². The molecule has 74 valence electrons. The molecule has 1 atom stereocenters. The Labute approximate surface area is 91.7 Å². The van der Waals surface area contributed by atoms with Crippen molar-refractivity contribution in [1.29, 1.82) is 0 Å². The average molecular weight is 255 g/mol. The molecule has 14 heavy (non-hydrogen) atoms. The lowest BCUT2D eigenvalue weighted by Gasteiger charge is -2.06. The number of halogens is 1. The van der Waals surface area contributed by atoms with E-state index >= 15 is 0 Å². The van der Waals surface area contributed by atoms with E-state index in [2.05, 4.69) is 22.5 Å². The molecule has 0 amide bonds. The van der Waals surface area contributed by atoms with Crippen LogP contribution in [0.3, 0.4) is 0 Å². The molecule has 3 heteroatoms. The highest BCUT2D eigenvalue weighted by Gasteiger charge is 2.25. The van der Waals surface area contributed by atoms with E-state index < -0.39 is 0 Å². The van der Waals surface area contributed by atoms with Crippen LogP contribution in [0, 0.1) is 0 Å². The zero-order chi connectivity index (χ0) is 9.97. The van der Waals surface area contributed by atoms with Crippen LogP contribution in [-0.4, -0.2) is 13.2 Å². The maximum atomic E-state index is 5.44. The van der Waals surface area contributed by atoms with Gasteiger partial charge in [0.1, 0.15) is 18.5 Å². The first-order chi connectivity index (χ1) is 6.81. The Balaban J connectivity index is 2.13. The predicted octanol–water partition coefficient (Wildman–Crippen LogP) is 3.09. The third kappa shape index (κ3) is 2.16. The molecule has 0 N–H and O–H groups in total. The van der Waals surface area contributed by atoms with Gasteiger partial charge in [0, 0.05) is 0 Å². The quantitative estimate of drug-likeness (QED) is 0.609. The first-order valence-corrected chi connectivity index (χ1v) is 5.25. The molecule has 1 fully saturated rings. The first kappa shape index (κ1) is 9.74. The largest absolute Gasteiger partial charge is 0.488 e. The van der Waals surface area contributed by atoms with Crippen molar-refractivity contribution in [2.45, 2.75) is 6.10 Å². The molecular formula is C11H11BrO2. The summed E-state index contributed by atoms with van der Waals surface area (Å²) in [5, 5.41) is 0. The normalized spacial score (nSPS) is 19.1. The van der Waals surface area contributed by atoms with Crippen LogP contribution >= 0.6 is 15.9 Å². The lowest BCUT2D eigenvalue weighted by Crippen LogP contribution is -1.94. The highest BCUT2D eigenvalue weighted by molar-refractivity contribution is 9.10. The number of rotatable bonds is 4. The fourth-order valence-electron chi connectivity index (χ4n) is 1.22. The van der Waals surface area contributed by atoms with Crippen molar-refractivity contribution >= 4 is 15.9 Å². The minimum atomic E-state index is 0.291. The summed E-state index contributed by atoms with van der Waals surface area (Å²) in [6.45, 7) is 4.96. The van der Waals surface area contributed by atoms with Crippen LogP contribution in [0.2, 0.25) is 0 Å². The number of ether oxygens (including phenoxy) is 2. The highest BCUT2D eigenvalue weighted by Crippen LogP contribution is 2.34. The van der Waals surface area contributed by atoms with Crippen molar-refractivity contribution in [1.82, 2.24) is 0 Å². The summed E-state index contributed by atoms with van der Waals surface area (Å²) in [5.41, 5.74) is 1.20. The molecule has 1 saturated heterocycles. The molecule has 0 spiro atoms. The molecule has 2 rings (SSSR count). The minimum absolute atomic E-state index is 0.291. The molecule has 1 aliphatic rings. The zero-order valence-corrected chi connectivity index (χ0v) is 9.29. The van der Waals surface area contributed by atoms with Gasteiger partial charge in [-0.2, -0.15) is 0 Å². The fourth-order valence-corrected chi connectivity index (χ4v) is 1.73. The summed E-state index contributed by atoms with van der Waals surface area (Å²) < 4.78 is 11.6. The van der Waals surface area contributed by atoms with Crippen LogP contribution in [0.4, 0.5) is 0 Å². The second kappa shape index (κ2) is 4.15.